The van der Waals surface area contributed by atoms with Crippen molar-refractivity contribution < 1.29 is 40.6 Å². The minimum atomic E-state index is -5.08. The summed E-state index contributed by atoms with van der Waals surface area (Å²) in [7, 11) is -3.21. The maximum absolute atomic E-state index is 12.9. The topological polar surface area (TPSA) is 122 Å². The summed E-state index contributed by atoms with van der Waals surface area (Å²) in [5, 5.41) is 7.12. The number of carboxylic acid groups (broad SMARTS) is 1. The molecule has 2 atom stereocenters. The number of hydrogen-bond donors (Lipinski definition) is 2. The summed E-state index contributed by atoms with van der Waals surface area (Å²) < 4.78 is 75.8. The monoisotopic (exact) mass is 458 g/mol. The first kappa shape index (κ1) is 24.2. The van der Waals surface area contributed by atoms with Crippen molar-refractivity contribution in [3.05, 3.63) is 18.2 Å². The molecule has 9 nitrogen and oxygen atoms in total. The van der Waals surface area contributed by atoms with Gasteiger partial charge in [0.05, 0.1) is 30.4 Å². The largest absolute Gasteiger partial charge is 0.490 e. The Balaban J connectivity index is 0.000000396. The van der Waals surface area contributed by atoms with E-state index < -0.39 is 28.0 Å². The molecule has 0 bridgehead atoms. The molecule has 0 amide bonds. The number of halogens is 4. The van der Waals surface area contributed by atoms with Gasteiger partial charge in [-0.05, 0) is 25.7 Å². The standard InChI is InChI=1S/C14H21FN4O3S.C2HF3O2/c1-23(20,21)18-9-12-3-2-4-14(22-12)5-6-19(10-14)13-16-7-11(15)8-17-13;3-2(4,5)1(6)7/h7-8,12,18H,2-6,9-10H2,1H3;(H,6,7)/t12-,14-;/m1./s1. The summed E-state index contributed by atoms with van der Waals surface area (Å²) in [6.07, 6.45) is 1.87. The van der Waals surface area contributed by atoms with Gasteiger partial charge < -0.3 is 14.7 Å². The van der Waals surface area contributed by atoms with E-state index in [1.54, 1.807) is 0 Å². The van der Waals surface area contributed by atoms with E-state index in [9.17, 15) is 26.0 Å². The molecule has 2 aliphatic heterocycles. The second kappa shape index (κ2) is 9.39. The summed E-state index contributed by atoms with van der Waals surface area (Å²) in [6.45, 7) is 1.69. The first-order valence-electron chi connectivity index (χ1n) is 8.95. The highest BCUT2D eigenvalue weighted by molar-refractivity contribution is 7.88. The molecule has 0 radical (unpaired) electrons. The second-order valence-corrected chi connectivity index (χ2v) is 8.94. The van der Waals surface area contributed by atoms with Gasteiger partial charge in [-0.3, -0.25) is 0 Å². The lowest BCUT2D eigenvalue weighted by Gasteiger charge is -2.38. The highest BCUT2D eigenvalue weighted by Crippen LogP contribution is 2.37. The van der Waals surface area contributed by atoms with Crippen molar-refractivity contribution in [1.82, 2.24) is 14.7 Å². The van der Waals surface area contributed by atoms with Gasteiger partial charge in [-0.15, -0.1) is 0 Å². The number of hydrogen-bond acceptors (Lipinski definition) is 7. The molecule has 14 heteroatoms. The van der Waals surface area contributed by atoms with E-state index in [0.717, 1.165) is 50.9 Å². The summed E-state index contributed by atoms with van der Waals surface area (Å²) in [5.74, 6) is -2.71. The third-order valence-electron chi connectivity index (χ3n) is 4.60. The lowest BCUT2D eigenvalue weighted by Crippen LogP contribution is -2.46. The molecule has 1 spiro atoms. The number of alkyl halides is 3. The zero-order valence-corrected chi connectivity index (χ0v) is 16.8. The minimum Gasteiger partial charge on any atom is -0.475 e. The Labute approximate surface area is 170 Å². The van der Waals surface area contributed by atoms with Crippen molar-refractivity contribution in [2.75, 3.05) is 30.8 Å². The molecule has 2 N–H and O–H groups in total. The van der Waals surface area contributed by atoms with E-state index in [-0.39, 0.29) is 11.7 Å². The van der Waals surface area contributed by atoms with Crippen LogP contribution >= 0.6 is 0 Å². The smallest absolute Gasteiger partial charge is 0.475 e. The zero-order chi connectivity index (χ0) is 22.6. The van der Waals surface area contributed by atoms with Gasteiger partial charge in [0, 0.05) is 19.6 Å². The van der Waals surface area contributed by atoms with Gasteiger partial charge in [-0.25, -0.2) is 32.3 Å². The first-order valence-corrected chi connectivity index (χ1v) is 10.8. The van der Waals surface area contributed by atoms with Crippen LogP contribution in [0.25, 0.3) is 0 Å². The van der Waals surface area contributed by atoms with Crippen molar-refractivity contribution in [2.24, 2.45) is 0 Å². The Morgan fingerprint density at radius 3 is 2.50 bits per heavy atom. The van der Waals surface area contributed by atoms with Gasteiger partial charge in [-0.1, -0.05) is 0 Å². The molecule has 0 saturated carbocycles. The van der Waals surface area contributed by atoms with E-state index in [4.69, 9.17) is 14.6 Å². The summed E-state index contributed by atoms with van der Waals surface area (Å²) in [5.41, 5.74) is -0.292. The zero-order valence-electron chi connectivity index (χ0n) is 16.0. The Bertz CT molecular complexity index is 837. The molecule has 0 aliphatic carbocycles. The fraction of sp³-hybridized carbons (Fsp3) is 0.688. The number of carboxylic acids is 1. The molecular weight excluding hydrogens is 436 g/mol. The Morgan fingerprint density at radius 2 is 1.97 bits per heavy atom. The average Bonchev–Trinajstić information content (AvgIpc) is 3.03. The third kappa shape index (κ3) is 7.32. The van der Waals surface area contributed by atoms with Gasteiger partial charge in [-0.2, -0.15) is 13.2 Å². The number of anilines is 1. The predicted molar refractivity (Wildman–Crippen MR) is 96.8 cm³/mol. The Morgan fingerprint density at radius 1 is 1.37 bits per heavy atom. The fourth-order valence-electron chi connectivity index (χ4n) is 3.30. The van der Waals surface area contributed by atoms with Crippen LogP contribution in [0.2, 0.25) is 0 Å². The lowest BCUT2D eigenvalue weighted by molar-refractivity contribution is -0.192. The van der Waals surface area contributed by atoms with Crippen LogP contribution in [-0.2, 0) is 19.6 Å². The molecule has 2 fully saturated rings. The van der Waals surface area contributed by atoms with Crippen LogP contribution in [-0.4, -0.2) is 73.2 Å². The van der Waals surface area contributed by atoms with Gasteiger partial charge in [0.1, 0.15) is 0 Å². The Kier molecular flexibility index (Phi) is 7.58. The fourth-order valence-corrected chi connectivity index (χ4v) is 3.78. The number of nitrogens with zero attached hydrogens (tertiary/aromatic N) is 3. The SMILES string of the molecule is CS(=O)(=O)NC[C@H]1CCC[C@]2(CCN(c3ncc(F)cn3)C2)O1.O=C(O)C(F)(F)F. The molecular formula is C16H22F4N4O5S. The normalized spacial score (nSPS) is 24.4. The maximum Gasteiger partial charge on any atom is 0.490 e. The third-order valence-corrected chi connectivity index (χ3v) is 5.29. The van der Waals surface area contributed by atoms with E-state index in [1.165, 1.54) is 0 Å². The molecule has 2 saturated heterocycles. The molecule has 30 heavy (non-hydrogen) atoms. The summed E-state index contributed by atoms with van der Waals surface area (Å²) in [4.78, 5) is 18.9. The van der Waals surface area contributed by atoms with Crippen molar-refractivity contribution in [3.63, 3.8) is 0 Å². The molecule has 0 unspecified atom stereocenters. The first-order chi connectivity index (χ1) is 13.8. The van der Waals surface area contributed by atoms with Crippen molar-refractivity contribution in [2.45, 2.75) is 43.6 Å². The molecule has 1 aromatic rings. The quantitative estimate of drug-likeness (QED) is 0.648. The predicted octanol–water partition coefficient (Wildman–Crippen LogP) is 1.32. The van der Waals surface area contributed by atoms with Crippen LogP contribution in [0.4, 0.5) is 23.5 Å². The van der Waals surface area contributed by atoms with E-state index in [0.29, 0.717) is 19.0 Å². The lowest BCUT2D eigenvalue weighted by atomic mass is 9.90. The molecule has 3 heterocycles. The summed E-state index contributed by atoms with van der Waals surface area (Å²) >= 11 is 0. The van der Waals surface area contributed by atoms with Crippen molar-refractivity contribution >= 4 is 21.9 Å². The molecule has 3 rings (SSSR count). The van der Waals surface area contributed by atoms with E-state index >= 15 is 0 Å². The number of ether oxygens (including phenoxy) is 1. The maximum atomic E-state index is 12.9. The summed E-state index contributed by atoms with van der Waals surface area (Å²) in [6, 6.07) is 0. The number of sulfonamides is 1. The number of aliphatic carboxylic acids is 1. The molecule has 1 aromatic heterocycles. The van der Waals surface area contributed by atoms with Crippen LogP contribution in [0.3, 0.4) is 0 Å². The minimum absolute atomic E-state index is 0.118. The number of carbonyl (C=O) groups is 1. The van der Waals surface area contributed by atoms with Crippen LogP contribution in [0, 0.1) is 5.82 Å². The molecule has 0 aromatic carbocycles. The van der Waals surface area contributed by atoms with Gasteiger partial charge in [0.25, 0.3) is 0 Å². The van der Waals surface area contributed by atoms with Gasteiger partial charge >= 0.3 is 12.1 Å². The number of aromatic nitrogens is 2. The van der Waals surface area contributed by atoms with E-state index in [2.05, 4.69) is 14.7 Å². The van der Waals surface area contributed by atoms with Crippen molar-refractivity contribution in [3.8, 4) is 0 Å². The average molecular weight is 458 g/mol. The van der Waals surface area contributed by atoms with Gasteiger partial charge in [0.2, 0.25) is 16.0 Å². The van der Waals surface area contributed by atoms with Crippen LogP contribution < -0.4 is 9.62 Å². The highest BCUT2D eigenvalue weighted by Gasteiger charge is 2.43. The highest BCUT2D eigenvalue weighted by atomic mass is 32.2. The van der Waals surface area contributed by atoms with Crippen molar-refractivity contribution in [1.29, 1.82) is 0 Å². The number of nitrogens with one attached hydrogen (secondary N) is 1. The molecule has 2 aliphatic rings. The van der Waals surface area contributed by atoms with E-state index in [1.807, 2.05) is 4.90 Å². The van der Waals surface area contributed by atoms with Crippen LogP contribution in [0.5, 0.6) is 0 Å². The van der Waals surface area contributed by atoms with Crippen LogP contribution in [0.15, 0.2) is 12.4 Å². The van der Waals surface area contributed by atoms with Crippen LogP contribution in [0.1, 0.15) is 25.7 Å². The molecule has 170 valence electrons. The Hall–Kier alpha value is -2.06. The van der Waals surface area contributed by atoms with Gasteiger partial charge in [0.15, 0.2) is 5.82 Å². The second-order valence-electron chi connectivity index (χ2n) is 7.11. The number of rotatable bonds is 4.